The molecule has 3 saturated carbocycles. The van der Waals surface area contributed by atoms with Crippen molar-refractivity contribution in [2.24, 2.45) is 23.2 Å². The fourth-order valence-corrected chi connectivity index (χ4v) is 5.02. The molecule has 3 fully saturated rings. The number of hydrogen-bond donors (Lipinski definition) is 1. The first-order valence-corrected chi connectivity index (χ1v) is 7.05. The first-order valence-electron chi connectivity index (χ1n) is 7.05. The second-order valence-corrected chi connectivity index (χ2v) is 6.42. The van der Waals surface area contributed by atoms with E-state index in [0.717, 1.165) is 17.8 Å². The molecular weight excluding hydrogens is 212 g/mol. The van der Waals surface area contributed by atoms with Gasteiger partial charge in [0.1, 0.15) is 0 Å². The van der Waals surface area contributed by atoms with Gasteiger partial charge in [0.25, 0.3) is 0 Å². The Balaban J connectivity index is 1.91. The Morgan fingerprint density at radius 1 is 1.29 bits per heavy atom. The Hall–Kier alpha value is -0.790. The van der Waals surface area contributed by atoms with Gasteiger partial charge in [-0.3, -0.25) is 0 Å². The predicted molar refractivity (Wildman–Crippen MR) is 66.6 cm³/mol. The van der Waals surface area contributed by atoms with Crippen molar-refractivity contribution in [1.29, 1.82) is 0 Å². The van der Waals surface area contributed by atoms with Crippen molar-refractivity contribution in [2.45, 2.75) is 51.9 Å². The Bertz CT molecular complexity index is 371. The fraction of sp³-hybridized carbons (Fsp3) is 0.800. The Morgan fingerprint density at radius 2 is 2.06 bits per heavy atom. The smallest absolute Gasteiger partial charge is 0.330 e. The highest BCUT2D eigenvalue weighted by Crippen LogP contribution is 2.65. The third kappa shape index (κ3) is 1.64. The van der Waals surface area contributed by atoms with E-state index in [9.17, 15) is 4.79 Å². The summed E-state index contributed by atoms with van der Waals surface area (Å²) in [7, 11) is 0. The molecule has 0 spiro atoms. The first kappa shape index (κ1) is 11.3. The third-order valence-corrected chi connectivity index (χ3v) is 5.63. The molecular formula is C15H22O2. The van der Waals surface area contributed by atoms with Crippen molar-refractivity contribution in [3.8, 4) is 0 Å². The molecule has 0 amide bonds. The lowest BCUT2D eigenvalue weighted by molar-refractivity contribution is -0.132. The fourth-order valence-electron chi connectivity index (χ4n) is 5.02. The summed E-state index contributed by atoms with van der Waals surface area (Å²) in [6, 6.07) is 0. The van der Waals surface area contributed by atoms with E-state index in [1.54, 1.807) is 6.92 Å². The number of allylic oxidation sites excluding steroid dienone is 1. The lowest BCUT2D eigenvalue weighted by Gasteiger charge is -2.41. The molecule has 0 heterocycles. The number of carbonyl (C=O) groups is 1. The number of rotatable bonds is 2. The van der Waals surface area contributed by atoms with Crippen LogP contribution >= 0.6 is 0 Å². The van der Waals surface area contributed by atoms with Crippen LogP contribution in [0.2, 0.25) is 0 Å². The average Bonchev–Trinajstić information content (AvgIpc) is 2.86. The molecule has 94 valence electrons. The highest BCUT2D eigenvalue weighted by molar-refractivity contribution is 5.86. The van der Waals surface area contributed by atoms with Crippen LogP contribution in [0.1, 0.15) is 51.9 Å². The van der Waals surface area contributed by atoms with Gasteiger partial charge in [-0.15, -0.1) is 0 Å². The summed E-state index contributed by atoms with van der Waals surface area (Å²) < 4.78 is 0. The molecule has 0 aromatic rings. The number of carboxylic acid groups (broad SMARTS) is 1. The van der Waals surface area contributed by atoms with Crippen LogP contribution < -0.4 is 0 Å². The van der Waals surface area contributed by atoms with Gasteiger partial charge in [-0.1, -0.05) is 18.9 Å². The summed E-state index contributed by atoms with van der Waals surface area (Å²) in [6.07, 6.45) is 11.5. The molecule has 3 aliphatic carbocycles. The number of aliphatic carboxylic acids is 1. The topological polar surface area (TPSA) is 37.3 Å². The van der Waals surface area contributed by atoms with Gasteiger partial charge in [0.2, 0.25) is 0 Å². The molecule has 4 unspecified atom stereocenters. The van der Waals surface area contributed by atoms with Crippen molar-refractivity contribution in [3.05, 3.63) is 11.6 Å². The quantitative estimate of drug-likeness (QED) is 0.741. The van der Waals surface area contributed by atoms with Gasteiger partial charge < -0.3 is 5.11 Å². The van der Waals surface area contributed by atoms with E-state index in [-0.39, 0.29) is 5.41 Å². The number of hydrogen-bond acceptors (Lipinski definition) is 1. The van der Waals surface area contributed by atoms with E-state index in [2.05, 4.69) is 6.08 Å². The average molecular weight is 234 g/mol. The molecule has 2 nitrogen and oxygen atoms in total. The van der Waals surface area contributed by atoms with Gasteiger partial charge in [0.05, 0.1) is 0 Å². The minimum Gasteiger partial charge on any atom is -0.478 e. The van der Waals surface area contributed by atoms with Gasteiger partial charge in [0.15, 0.2) is 0 Å². The van der Waals surface area contributed by atoms with Crippen LogP contribution in [0, 0.1) is 23.2 Å². The largest absolute Gasteiger partial charge is 0.478 e. The van der Waals surface area contributed by atoms with Crippen LogP contribution in [0.15, 0.2) is 11.6 Å². The summed E-state index contributed by atoms with van der Waals surface area (Å²) >= 11 is 0. The molecule has 2 bridgehead atoms. The van der Waals surface area contributed by atoms with E-state index in [0.29, 0.717) is 5.57 Å². The summed E-state index contributed by atoms with van der Waals surface area (Å²) in [4.78, 5) is 11.1. The predicted octanol–water partition coefficient (Wildman–Crippen LogP) is 3.62. The van der Waals surface area contributed by atoms with Crippen LogP contribution in [0.5, 0.6) is 0 Å². The Kier molecular flexibility index (Phi) is 2.57. The highest BCUT2D eigenvalue weighted by atomic mass is 16.4. The van der Waals surface area contributed by atoms with E-state index >= 15 is 0 Å². The second-order valence-electron chi connectivity index (χ2n) is 6.42. The molecule has 0 aliphatic heterocycles. The summed E-state index contributed by atoms with van der Waals surface area (Å²) in [5.74, 6) is 1.87. The van der Waals surface area contributed by atoms with Gasteiger partial charge in [-0.2, -0.15) is 0 Å². The zero-order valence-corrected chi connectivity index (χ0v) is 10.6. The minimum absolute atomic E-state index is 0.262. The van der Waals surface area contributed by atoms with Crippen molar-refractivity contribution >= 4 is 5.97 Å². The molecule has 0 aromatic carbocycles. The zero-order chi connectivity index (χ0) is 12.0. The molecule has 0 radical (unpaired) electrons. The van der Waals surface area contributed by atoms with E-state index < -0.39 is 5.97 Å². The van der Waals surface area contributed by atoms with E-state index in [1.807, 2.05) is 0 Å². The molecule has 3 rings (SSSR count). The van der Waals surface area contributed by atoms with Crippen molar-refractivity contribution in [3.63, 3.8) is 0 Å². The van der Waals surface area contributed by atoms with Crippen LogP contribution in [0.4, 0.5) is 0 Å². The van der Waals surface area contributed by atoms with Crippen molar-refractivity contribution < 1.29 is 9.90 Å². The lowest BCUT2D eigenvalue weighted by atomic mass is 9.64. The maximum atomic E-state index is 11.1. The highest BCUT2D eigenvalue weighted by Gasteiger charge is 2.56. The summed E-state index contributed by atoms with van der Waals surface area (Å²) in [5.41, 5.74) is 0.829. The van der Waals surface area contributed by atoms with Gasteiger partial charge in [0, 0.05) is 5.57 Å². The first-order chi connectivity index (χ1) is 8.12. The second kappa shape index (κ2) is 3.86. The molecule has 1 N–H and O–H groups in total. The van der Waals surface area contributed by atoms with Gasteiger partial charge in [-0.05, 0) is 62.2 Å². The molecule has 3 aliphatic rings. The molecule has 0 saturated heterocycles. The molecule has 0 aromatic heterocycles. The van der Waals surface area contributed by atoms with E-state index in [1.165, 1.54) is 44.9 Å². The SMILES string of the molecule is CC(=CC12CCC(C1)C1CCCCC12)C(=O)O. The normalized spacial score (nSPS) is 44.8. The van der Waals surface area contributed by atoms with Gasteiger partial charge in [-0.25, -0.2) is 4.79 Å². The summed E-state index contributed by atoms with van der Waals surface area (Å²) in [5, 5.41) is 9.09. The minimum atomic E-state index is -0.734. The molecule has 2 heteroatoms. The van der Waals surface area contributed by atoms with Crippen LogP contribution in [-0.4, -0.2) is 11.1 Å². The van der Waals surface area contributed by atoms with Gasteiger partial charge >= 0.3 is 5.97 Å². The maximum Gasteiger partial charge on any atom is 0.330 e. The standard InChI is InChI=1S/C15H22O2/c1-10(14(16)17)8-15-7-6-11(9-15)12-4-2-3-5-13(12)15/h8,11-13H,2-7,9H2,1H3,(H,16,17). The third-order valence-electron chi connectivity index (χ3n) is 5.63. The summed E-state index contributed by atoms with van der Waals surface area (Å²) in [6.45, 7) is 1.76. The molecule has 4 atom stereocenters. The van der Waals surface area contributed by atoms with E-state index in [4.69, 9.17) is 5.11 Å². The van der Waals surface area contributed by atoms with Crippen molar-refractivity contribution in [1.82, 2.24) is 0 Å². The number of carboxylic acids is 1. The molecule has 17 heavy (non-hydrogen) atoms. The Labute approximate surface area is 103 Å². The van der Waals surface area contributed by atoms with Crippen LogP contribution in [0.25, 0.3) is 0 Å². The van der Waals surface area contributed by atoms with Crippen LogP contribution in [-0.2, 0) is 4.79 Å². The maximum absolute atomic E-state index is 11.1. The van der Waals surface area contributed by atoms with Crippen molar-refractivity contribution in [2.75, 3.05) is 0 Å². The van der Waals surface area contributed by atoms with Crippen LogP contribution in [0.3, 0.4) is 0 Å². The lowest BCUT2D eigenvalue weighted by Crippen LogP contribution is -2.32. The number of fused-ring (bicyclic) bond motifs is 5. The monoisotopic (exact) mass is 234 g/mol. The Morgan fingerprint density at radius 3 is 2.82 bits per heavy atom. The zero-order valence-electron chi connectivity index (χ0n) is 10.6.